The minimum Gasteiger partial charge on any atom is -0.355 e. The number of aromatic amines is 1. The molecule has 0 amide bonds. The Bertz CT molecular complexity index is 437. The van der Waals surface area contributed by atoms with Gasteiger partial charge in [-0.3, -0.25) is 15.0 Å². The topological polar surface area (TPSA) is 68.3 Å². The van der Waals surface area contributed by atoms with Gasteiger partial charge in [0.2, 0.25) is 0 Å². The fraction of sp³-hybridized carbons (Fsp3) is 0.733. The molecule has 0 saturated carbocycles. The molecule has 126 valence electrons. The highest BCUT2D eigenvalue weighted by Crippen LogP contribution is 2.19. The molecule has 0 radical (unpaired) electrons. The van der Waals surface area contributed by atoms with Crippen molar-refractivity contribution in [2.24, 2.45) is 4.99 Å². The molecule has 1 aromatic heterocycles. The van der Waals surface area contributed by atoms with E-state index in [9.17, 15) is 0 Å². The summed E-state index contributed by atoms with van der Waals surface area (Å²) in [6.07, 6.45) is 5.76. The van der Waals surface area contributed by atoms with Gasteiger partial charge in [-0.2, -0.15) is 5.10 Å². The van der Waals surface area contributed by atoms with Gasteiger partial charge in [-0.15, -0.1) is 24.0 Å². The number of rotatable bonds is 5. The molecular weight excluding hydrogens is 391 g/mol. The second-order valence-electron chi connectivity index (χ2n) is 6.22. The Morgan fingerprint density at radius 3 is 2.64 bits per heavy atom. The number of piperidine rings is 1. The van der Waals surface area contributed by atoms with Crippen LogP contribution in [0.5, 0.6) is 0 Å². The van der Waals surface area contributed by atoms with Crippen molar-refractivity contribution in [3.05, 3.63) is 18.0 Å². The van der Waals surface area contributed by atoms with E-state index >= 15 is 0 Å². The summed E-state index contributed by atoms with van der Waals surface area (Å²) in [5, 5.41) is 13.6. The summed E-state index contributed by atoms with van der Waals surface area (Å²) < 4.78 is 0. The van der Waals surface area contributed by atoms with Crippen LogP contribution in [0.1, 0.15) is 38.8 Å². The SMILES string of the molecule is CN=C(NCc1ccn[nH]1)NCC(C)(C)N1CCCCC1.I. The van der Waals surface area contributed by atoms with Crippen molar-refractivity contribution in [2.75, 3.05) is 26.7 Å². The predicted octanol–water partition coefficient (Wildman–Crippen LogP) is 1.96. The molecule has 1 saturated heterocycles. The zero-order valence-corrected chi connectivity index (χ0v) is 16.2. The predicted molar refractivity (Wildman–Crippen MR) is 102 cm³/mol. The van der Waals surface area contributed by atoms with Crippen LogP contribution in [0.3, 0.4) is 0 Å². The van der Waals surface area contributed by atoms with Crippen molar-refractivity contribution >= 4 is 29.9 Å². The second-order valence-corrected chi connectivity index (χ2v) is 6.22. The van der Waals surface area contributed by atoms with Crippen molar-refractivity contribution in [3.8, 4) is 0 Å². The van der Waals surface area contributed by atoms with Gasteiger partial charge in [-0.1, -0.05) is 6.42 Å². The van der Waals surface area contributed by atoms with E-state index in [1.165, 1.54) is 32.4 Å². The Morgan fingerprint density at radius 1 is 1.32 bits per heavy atom. The number of aromatic nitrogens is 2. The normalized spacial score (nSPS) is 17.0. The smallest absolute Gasteiger partial charge is 0.191 e. The molecule has 6 nitrogen and oxygen atoms in total. The lowest BCUT2D eigenvalue weighted by Crippen LogP contribution is -2.54. The van der Waals surface area contributed by atoms with Crippen LogP contribution < -0.4 is 10.6 Å². The monoisotopic (exact) mass is 420 g/mol. The Kier molecular flexibility index (Phi) is 8.16. The van der Waals surface area contributed by atoms with Gasteiger partial charge < -0.3 is 10.6 Å². The van der Waals surface area contributed by atoms with Crippen molar-refractivity contribution in [1.82, 2.24) is 25.7 Å². The minimum absolute atomic E-state index is 0. The third kappa shape index (κ3) is 5.75. The van der Waals surface area contributed by atoms with Gasteiger partial charge in [-0.05, 0) is 45.8 Å². The summed E-state index contributed by atoms with van der Waals surface area (Å²) >= 11 is 0. The number of hydrogen-bond acceptors (Lipinski definition) is 3. The molecule has 1 aliphatic heterocycles. The lowest BCUT2D eigenvalue weighted by molar-refractivity contribution is 0.0982. The van der Waals surface area contributed by atoms with Gasteiger partial charge in [-0.25, -0.2) is 0 Å². The number of likely N-dealkylation sites (tertiary alicyclic amines) is 1. The number of aliphatic imine (C=N–C) groups is 1. The van der Waals surface area contributed by atoms with Gasteiger partial charge >= 0.3 is 0 Å². The first-order valence-electron chi connectivity index (χ1n) is 7.79. The van der Waals surface area contributed by atoms with Crippen LogP contribution in [0.25, 0.3) is 0 Å². The number of H-pyrrole nitrogens is 1. The lowest BCUT2D eigenvalue weighted by atomic mass is 9.98. The first-order valence-corrected chi connectivity index (χ1v) is 7.79. The molecule has 1 aliphatic rings. The number of nitrogens with zero attached hydrogens (tertiary/aromatic N) is 3. The highest BCUT2D eigenvalue weighted by atomic mass is 127. The van der Waals surface area contributed by atoms with Crippen LogP contribution in [-0.2, 0) is 6.54 Å². The van der Waals surface area contributed by atoms with Crippen LogP contribution >= 0.6 is 24.0 Å². The molecule has 3 N–H and O–H groups in total. The number of nitrogens with one attached hydrogen (secondary N) is 3. The highest BCUT2D eigenvalue weighted by molar-refractivity contribution is 14.0. The summed E-state index contributed by atoms with van der Waals surface area (Å²) in [7, 11) is 1.80. The zero-order valence-electron chi connectivity index (χ0n) is 13.9. The highest BCUT2D eigenvalue weighted by Gasteiger charge is 2.27. The Hall–Kier alpha value is -0.830. The van der Waals surface area contributed by atoms with Gasteiger partial charge in [0, 0.05) is 25.3 Å². The van der Waals surface area contributed by atoms with E-state index in [0.29, 0.717) is 6.54 Å². The fourth-order valence-corrected chi connectivity index (χ4v) is 2.69. The van der Waals surface area contributed by atoms with Gasteiger partial charge in [0.25, 0.3) is 0 Å². The molecule has 0 aliphatic carbocycles. The molecule has 22 heavy (non-hydrogen) atoms. The number of halogens is 1. The molecule has 2 heterocycles. The van der Waals surface area contributed by atoms with E-state index in [-0.39, 0.29) is 29.5 Å². The van der Waals surface area contributed by atoms with Crippen LogP contribution in [0.2, 0.25) is 0 Å². The molecule has 0 unspecified atom stereocenters. The third-order valence-electron chi connectivity index (χ3n) is 4.13. The first kappa shape index (κ1) is 19.2. The summed E-state index contributed by atoms with van der Waals surface area (Å²) in [5.74, 6) is 0.828. The third-order valence-corrected chi connectivity index (χ3v) is 4.13. The summed E-state index contributed by atoms with van der Waals surface area (Å²) in [5.41, 5.74) is 1.19. The maximum atomic E-state index is 4.28. The number of guanidine groups is 1. The fourth-order valence-electron chi connectivity index (χ4n) is 2.69. The Morgan fingerprint density at radius 2 is 2.05 bits per heavy atom. The first-order chi connectivity index (χ1) is 10.1. The van der Waals surface area contributed by atoms with E-state index in [1.807, 2.05) is 6.07 Å². The van der Waals surface area contributed by atoms with Crippen LogP contribution in [0, 0.1) is 0 Å². The standard InChI is InChI=1S/C15H28N6.HI/c1-15(2,21-9-5-4-6-10-21)12-18-14(16-3)17-11-13-7-8-19-20-13;/h7-8H,4-6,9-12H2,1-3H3,(H,19,20)(H2,16,17,18);1H. The van der Waals surface area contributed by atoms with Gasteiger partial charge in [0.05, 0.1) is 12.2 Å². The molecule has 7 heteroatoms. The van der Waals surface area contributed by atoms with Crippen molar-refractivity contribution in [2.45, 2.75) is 45.2 Å². The van der Waals surface area contributed by atoms with E-state index in [1.54, 1.807) is 13.2 Å². The van der Waals surface area contributed by atoms with Crippen molar-refractivity contribution in [1.29, 1.82) is 0 Å². The molecule has 0 bridgehead atoms. The lowest BCUT2D eigenvalue weighted by Gasteiger charge is -2.41. The van der Waals surface area contributed by atoms with Gasteiger partial charge in [0.15, 0.2) is 5.96 Å². The zero-order chi connectivity index (χ0) is 15.1. The average molecular weight is 420 g/mol. The molecule has 1 aromatic rings. The molecule has 1 fully saturated rings. The molecule has 0 aromatic carbocycles. The summed E-state index contributed by atoms with van der Waals surface area (Å²) in [6.45, 7) is 8.59. The Labute approximate surface area is 150 Å². The van der Waals surface area contributed by atoms with Crippen LogP contribution in [-0.4, -0.2) is 53.3 Å². The average Bonchev–Trinajstić information content (AvgIpc) is 3.02. The van der Waals surface area contributed by atoms with Crippen LogP contribution in [0.4, 0.5) is 0 Å². The Balaban J connectivity index is 0.00000242. The summed E-state index contributed by atoms with van der Waals surface area (Å²) in [6, 6.07) is 1.96. The second kappa shape index (κ2) is 9.34. The van der Waals surface area contributed by atoms with Crippen molar-refractivity contribution in [3.63, 3.8) is 0 Å². The maximum Gasteiger partial charge on any atom is 0.191 e. The van der Waals surface area contributed by atoms with E-state index in [0.717, 1.165) is 18.2 Å². The largest absolute Gasteiger partial charge is 0.355 e. The van der Waals surface area contributed by atoms with Crippen LogP contribution in [0.15, 0.2) is 17.3 Å². The quantitative estimate of drug-likeness (QED) is 0.387. The van der Waals surface area contributed by atoms with E-state index in [4.69, 9.17) is 0 Å². The molecule has 2 rings (SSSR count). The molecular formula is C15H29IN6. The van der Waals surface area contributed by atoms with Gasteiger partial charge in [0.1, 0.15) is 0 Å². The molecule has 0 spiro atoms. The van der Waals surface area contributed by atoms with Crippen molar-refractivity contribution < 1.29 is 0 Å². The summed E-state index contributed by atoms with van der Waals surface area (Å²) in [4.78, 5) is 6.85. The number of hydrogen-bond donors (Lipinski definition) is 3. The minimum atomic E-state index is 0. The maximum absolute atomic E-state index is 4.28. The molecule has 0 atom stereocenters. The van der Waals surface area contributed by atoms with E-state index in [2.05, 4.69) is 44.6 Å². The van der Waals surface area contributed by atoms with E-state index < -0.39 is 0 Å².